The molecule has 0 aliphatic carbocycles. The van der Waals surface area contributed by atoms with Crippen LogP contribution in [0.1, 0.15) is 24.2 Å². The van der Waals surface area contributed by atoms with Gasteiger partial charge >= 0.3 is 0 Å². The summed E-state index contributed by atoms with van der Waals surface area (Å²) < 4.78 is 0. The van der Waals surface area contributed by atoms with E-state index in [0.29, 0.717) is 12.1 Å². The molecular weight excluding hydrogens is 242 g/mol. The van der Waals surface area contributed by atoms with Crippen LogP contribution in [0.15, 0.2) is 24.3 Å². The van der Waals surface area contributed by atoms with Gasteiger partial charge in [0.1, 0.15) is 0 Å². The molecule has 5 heteroatoms. The predicted octanol–water partition coefficient (Wildman–Crippen LogP) is 1.33. The molecule has 2 amide bonds. The van der Waals surface area contributed by atoms with Gasteiger partial charge in [0.2, 0.25) is 5.91 Å². The summed E-state index contributed by atoms with van der Waals surface area (Å²) in [6.45, 7) is 5.24. The summed E-state index contributed by atoms with van der Waals surface area (Å²) in [5, 5.41) is 5.77. The highest BCUT2D eigenvalue weighted by Gasteiger charge is 2.12. The lowest BCUT2D eigenvalue weighted by molar-refractivity contribution is -0.128. The second-order valence-corrected chi connectivity index (χ2v) is 4.17. The van der Waals surface area contributed by atoms with Gasteiger partial charge in [-0.05, 0) is 26.0 Å². The van der Waals surface area contributed by atoms with Crippen molar-refractivity contribution in [3.05, 3.63) is 29.8 Å². The summed E-state index contributed by atoms with van der Waals surface area (Å²) >= 11 is 0. The van der Waals surface area contributed by atoms with Crippen LogP contribution in [-0.2, 0) is 4.79 Å². The average Bonchev–Trinajstić information content (AvgIpc) is 2.44. The number of amides is 2. The number of para-hydroxylation sites is 1. The van der Waals surface area contributed by atoms with Gasteiger partial charge in [0, 0.05) is 25.8 Å². The number of benzene rings is 1. The van der Waals surface area contributed by atoms with Crippen molar-refractivity contribution in [3.63, 3.8) is 0 Å². The van der Waals surface area contributed by atoms with Crippen LogP contribution >= 0.6 is 0 Å². The minimum absolute atomic E-state index is 0.0175. The number of nitrogens with zero attached hydrogens (tertiary/aromatic N) is 1. The predicted molar refractivity (Wildman–Crippen MR) is 76.2 cm³/mol. The van der Waals surface area contributed by atoms with Crippen molar-refractivity contribution in [3.8, 4) is 0 Å². The van der Waals surface area contributed by atoms with E-state index in [-0.39, 0.29) is 18.4 Å². The molecule has 0 aliphatic heterocycles. The number of anilines is 1. The summed E-state index contributed by atoms with van der Waals surface area (Å²) in [5.74, 6) is -0.341. The number of rotatable bonds is 6. The van der Waals surface area contributed by atoms with Crippen LogP contribution in [0.2, 0.25) is 0 Å². The van der Waals surface area contributed by atoms with Gasteiger partial charge in [-0.1, -0.05) is 12.1 Å². The first kappa shape index (κ1) is 15.0. The molecule has 0 bridgehead atoms. The Morgan fingerprint density at radius 3 is 2.53 bits per heavy atom. The molecule has 0 radical (unpaired) electrons. The fourth-order valence-corrected chi connectivity index (χ4v) is 1.59. The van der Waals surface area contributed by atoms with E-state index in [4.69, 9.17) is 0 Å². The third-order valence-corrected chi connectivity index (χ3v) is 2.84. The van der Waals surface area contributed by atoms with E-state index in [1.165, 1.54) is 0 Å². The molecule has 1 aromatic carbocycles. The van der Waals surface area contributed by atoms with Crippen molar-refractivity contribution in [2.45, 2.75) is 13.8 Å². The topological polar surface area (TPSA) is 61.4 Å². The zero-order valence-electron chi connectivity index (χ0n) is 11.7. The molecule has 0 spiro atoms. The first-order valence-electron chi connectivity index (χ1n) is 6.45. The zero-order chi connectivity index (χ0) is 14.3. The minimum Gasteiger partial charge on any atom is -0.385 e. The molecule has 0 atom stereocenters. The monoisotopic (exact) mass is 263 g/mol. The lowest BCUT2D eigenvalue weighted by Gasteiger charge is -2.15. The summed E-state index contributed by atoms with van der Waals surface area (Å²) in [4.78, 5) is 25.2. The Morgan fingerprint density at radius 2 is 1.89 bits per heavy atom. The van der Waals surface area contributed by atoms with Crippen LogP contribution in [0.3, 0.4) is 0 Å². The summed E-state index contributed by atoms with van der Waals surface area (Å²) in [5.41, 5.74) is 1.33. The highest BCUT2D eigenvalue weighted by molar-refractivity contribution is 6.01. The van der Waals surface area contributed by atoms with Crippen molar-refractivity contribution in [1.29, 1.82) is 0 Å². The normalized spacial score (nSPS) is 9.84. The van der Waals surface area contributed by atoms with Crippen molar-refractivity contribution in [1.82, 2.24) is 10.2 Å². The molecule has 0 heterocycles. The molecule has 1 aromatic rings. The van der Waals surface area contributed by atoms with Crippen LogP contribution in [0, 0.1) is 0 Å². The van der Waals surface area contributed by atoms with Crippen LogP contribution < -0.4 is 10.6 Å². The maximum Gasteiger partial charge on any atom is 0.253 e. The lowest BCUT2D eigenvalue weighted by atomic mass is 10.1. The van der Waals surface area contributed by atoms with Crippen LogP contribution in [-0.4, -0.2) is 43.4 Å². The fraction of sp³-hybridized carbons (Fsp3) is 0.429. The molecule has 19 heavy (non-hydrogen) atoms. The third kappa shape index (κ3) is 4.28. The second-order valence-electron chi connectivity index (χ2n) is 4.17. The average molecular weight is 263 g/mol. The first-order valence-corrected chi connectivity index (χ1v) is 6.45. The number of hydrogen-bond donors (Lipinski definition) is 2. The Balaban J connectivity index is 2.66. The third-order valence-electron chi connectivity index (χ3n) is 2.84. The Morgan fingerprint density at radius 1 is 1.21 bits per heavy atom. The second kappa shape index (κ2) is 7.41. The van der Waals surface area contributed by atoms with Gasteiger partial charge < -0.3 is 15.5 Å². The van der Waals surface area contributed by atoms with E-state index in [9.17, 15) is 9.59 Å². The molecule has 0 unspecified atom stereocenters. The van der Waals surface area contributed by atoms with Gasteiger partial charge in [0.15, 0.2) is 0 Å². The molecule has 5 nitrogen and oxygen atoms in total. The molecule has 0 saturated carbocycles. The van der Waals surface area contributed by atoms with E-state index in [1.807, 2.05) is 26.0 Å². The van der Waals surface area contributed by atoms with Crippen LogP contribution in [0.25, 0.3) is 0 Å². The molecule has 1 rings (SSSR count). The number of carbonyl (C=O) groups is 2. The first-order chi connectivity index (χ1) is 9.10. The number of carbonyl (C=O) groups excluding carboxylic acids is 2. The molecule has 0 fully saturated rings. The van der Waals surface area contributed by atoms with E-state index in [0.717, 1.165) is 12.2 Å². The molecule has 104 valence electrons. The Bertz CT molecular complexity index is 446. The van der Waals surface area contributed by atoms with Gasteiger partial charge in [0.25, 0.3) is 5.91 Å². The Kier molecular flexibility index (Phi) is 5.85. The fourth-order valence-electron chi connectivity index (χ4n) is 1.59. The summed E-state index contributed by atoms with van der Waals surface area (Å²) in [6.07, 6.45) is 0. The Hall–Kier alpha value is -2.04. The van der Waals surface area contributed by atoms with Gasteiger partial charge in [0.05, 0.1) is 12.1 Å². The van der Waals surface area contributed by atoms with Gasteiger partial charge in [-0.15, -0.1) is 0 Å². The van der Waals surface area contributed by atoms with E-state index >= 15 is 0 Å². The zero-order valence-corrected chi connectivity index (χ0v) is 11.7. The smallest absolute Gasteiger partial charge is 0.253 e. The maximum atomic E-state index is 12.0. The molecular formula is C14H21N3O2. The largest absolute Gasteiger partial charge is 0.385 e. The van der Waals surface area contributed by atoms with Crippen molar-refractivity contribution in [2.75, 3.05) is 32.0 Å². The highest BCUT2D eigenvalue weighted by atomic mass is 16.2. The summed E-state index contributed by atoms with van der Waals surface area (Å²) in [7, 11) is 1.71. The minimum atomic E-state index is -0.241. The van der Waals surface area contributed by atoms with Gasteiger partial charge in [-0.25, -0.2) is 0 Å². The number of nitrogens with one attached hydrogen (secondary N) is 2. The number of likely N-dealkylation sites (N-methyl/N-ethyl adjacent to an activating group) is 1. The highest BCUT2D eigenvalue weighted by Crippen LogP contribution is 2.14. The van der Waals surface area contributed by atoms with Crippen LogP contribution in [0.4, 0.5) is 5.69 Å². The van der Waals surface area contributed by atoms with Crippen molar-refractivity contribution >= 4 is 17.5 Å². The van der Waals surface area contributed by atoms with E-state index in [1.54, 1.807) is 24.1 Å². The lowest BCUT2D eigenvalue weighted by Crippen LogP contribution is -2.38. The number of hydrogen-bond acceptors (Lipinski definition) is 3. The molecule has 0 saturated heterocycles. The van der Waals surface area contributed by atoms with Gasteiger partial charge in [-0.3, -0.25) is 9.59 Å². The molecule has 0 aliphatic rings. The molecule has 2 N–H and O–H groups in total. The maximum absolute atomic E-state index is 12.0. The van der Waals surface area contributed by atoms with Crippen molar-refractivity contribution in [2.24, 2.45) is 0 Å². The summed E-state index contributed by atoms with van der Waals surface area (Å²) in [6, 6.07) is 7.25. The molecule has 0 aromatic heterocycles. The van der Waals surface area contributed by atoms with E-state index in [2.05, 4.69) is 10.6 Å². The standard InChI is InChI=1S/C14H21N3O2/c1-4-15-12-9-7-6-8-11(12)14(19)16-10-13(18)17(3)5-2/h6-9,15H,4-5,10H2,1-3H3,(H,16,19). The van der Waals surface area contributed by atoms with Crippen molar-refractivity contribution < 1.29 is 9.59 Å². The quantitative estimate of drug-likeness (QED) is 0.814. The van der Waals surface area contributed by atoms with E-state index < -0.39 is 0 Å². The SMILES string of the molecule is CCNc1ccccc1C(=O)NCC(=O)N(C)CC. The van der Waals surface area contributed by atoms with Gasteiger partial charge in [-0.2, -0.15) is 0 Å². The van der Waals surface area contributed by atoms with Crippen LogP contribution in [0.5, 0.6) is 0 Å². The Labute approximate surface area is 114 Å².